The summed E-state index contributed by atoms with van der Waals surface area (Å²) in [5, 5.41) is 2.67. The summed E-state index contributed by atoms with van der Waals surface area (Å²) in [6.45, 7) is 5.39. The Balaban J connectivity index is 1.42. The molecular formula is C15H20FN3O2. The number of piperazine rings is 1. The molecular weight excluding hydrogens is 273 g/mol. The molecule has 1 aromatic carbocycles. The van der Waals surface area contributed by atoms with Crippen LogP contribution in [0, 0.1) is 5.82 Å². The molecule has 0 radical (unpaired) electrons. The zero-order valence-corrected chi connectivity index (χ0v) is 11.9. The fourth-order valence-corrected chi connectivity index (χ4v) is 2.80. The van der Waals surface area contributed by atoms with Crippen LogP contribution in [-0.2, 0) is 4.74 Å². The molecule has 2 aliphatic rings. The maximum atomic E-state index is 12.9. The predicted molar refractivity (Wildman–Crippen MR) is 77.9 cm³/mol. The first kappa shape index (κ1) is 14.1. The monoisotopic (exact) mass is 293 g/mol. The number of carbonyl (C=O) groups excluding carboxylic acids is 1. The smallest absolute Gasteiger partial charge is 0.407 e. The molecule has 2 saturated heterocycles. The zero-order chi connectivity index (χ0) is 14.7. The summed E-state index contributed by atoms with van der Waals surface area (Å²) in [5.41, 5.74) is 1.07. The Hall–Kier alpha value is -1.82. The maximum absolute atomic E-state index is 12.9. The van der Waals surface area contributed by atoms with Gasteiger partial charge in [-0.1, -0.05) is 0 Å². The van der Waals surface area contributed by atoms with Crippen molar-refractivity contribution in [1.82, 2.24) is 10.2 Å². The standard InChI is InChI=1S/C15H20FN3O2/c16-12-1-3-13(4-2-12)19-9-7-18(8-10-19)6-5-14-11-17-15(20)21-14/h1-4,14H,5-11H2,(H,17,20). The van der Waals surface area contributed by atoms with Crippen molar-refractivity contribution in [3.8, 4) is 0 Å². The highest BCUT2D eigenvalue weighted by Crippen LogP contribution is 2.17. The van der Waals surface area contributed by atoms with E-state index in [-0.39, 0.29) is 18.0 Å². The number of anilines is 1. The molecule has 0 aliphatic carbocycles. The SMILES string of the molecule is O=C1NCC(CCN2CCN(c3ccc(F)cc3)CC2)O1. The van der Waals surface area contributed by atoms with Gasteiger partial charge in [0.15, 0.2) is 0 Å². The number of rotatable bonds is 4. The zero-order valence-electron chi connectivity index (χ0n) is 11.9. The van der Waals surface area contributed by atoms with Gasteiger partial charge in [-0.25, -0.2) is 9.18 Å². The molecule has 114 valence electrons. The fourth-order valence-electron chi connectivity index (χ4n) is 2.80. The number of nitrogens with zero attached hydrogens (tertiary/aromatic N) is 2. The van der Waals surface area contributed by atoms with Crippen molar-refractivity contribution in [2.75, 3.05) is 44.2 Å². The van der Waals surface area contributed by atoms with Crippen LogP contribution in [0.3, 0.4) is 0 Å². The van der Waals surface area contributed by atoms with Gasteiger partial charge >= 0.3 is 6.09 Å². The van der Waals surface area contributed by atoms with Crippen LogP contribution in [-0.4, -0.2) is 56.4 Å². The second-order valence-corrected chi connectivity index (χ2v) is 5.50. The Bertz CT molecular complexity index is 486. The molecule has 0 spiro atoms. The lowest BCUT2D eigenvalue weighted by molar-refractivity contribution is 0.124. The Morgan fingerprint density at radius 3 is 2.52 bits per heavy atom. The van der Waals surface area contributed by atoms with Crippen LogP contribution in [0.4, 0.5) is 14.9 Å². The third kappa shape index (κ3) is 3.64. The number of hydrogen-bond acceptors (Lipinski definition) is 4. The van der Waals surface area contributed by atoms with Gasteiger partial charge in [0, 0.05) is 38.4 Å². The first-order valence-electron chi connectivity index (χ1n) is 7.38. The lowest BCUT2D eigenvalue weighted by Crippen LogP contribution is -2.47. The summed E-state index contributed by atoms with van der Waals surface area (Å²) in [7, 11) is 0. The van der Waals surface area contributed by atoms with Crippen molar-refractivity contribution in [2.45, 2.75) is 12.5 Å². The Labute approximate surface area is 123 Å². The van der Waals surface area contributed by atoms with Crippen molar-refractivity contribution in [2.24, 2.45) is 0 Å². The van der Waals surface area contributed by atoms with Crippen molar-refractivity contribution in [3.63, 3.8) is 0 Å². The maximum Gasteiger partial charge on any atom is 0.407 e. The number of hydrogen-bond donors (Lipinski definition) is 1. The van der Waals surface area contributed by atoms with Crippen molar-refractivity contribution in [3.05, 3.63) is 30.1 Å². The van der Waals surface area contributed by atoms with Gasteiger partial charge in [0.2, 0.25) is 0 Å². The van der Waals surface area contributed by atoms with Crippen molar-refractivity contribution < 1.29 is 13.9 Å². The summed E-state index contributed by atoms with van der Waals surface area (Å²) in [4.78, 5) is 15.6. The van der Waals surface area contributed by atoms with E-state index >= 15 is 0 Å². The number of carbonyl (C=O) groups is 1. The molecule has 5 nitrogen and oxygen atoms in total. The van der Waals surface area contributed by atoms with Gasteiger partial charge in [0.05, 0.1) is 6.54 Å². The number of alkyl carbamates (subject to hydrolysis) is 1. The van der Waals surface area contributed by atoms with Crippen molar-refractivity contribution in [1.29, 1.82) is 0 Å². The average Bonchev–Trinajstić information content (AvgIpc) is 2.92. The van der Waals surface area contributed by atoms with Gasteiger partial charge in [-0.15, -0.1) is 0 Å². The Kier molecular flexibility index (Phi) is 4.24. The third-order valence-electron chi connectivity index (χ3n) is 4.08. The number of benzene rings is 1. The molecule has 2 aliphatic heterocycles. The van der Waals surface area contributed by atoms with Gasteiger partial charge < -0.3 is 15.0 Å². The van der Waals surface area contributed by atoms with Crippen LogP contribution in [0.1, 0.15) is 6.42 Å². The lowest BCUT2D eigenvalue weighted by Gasteiger charge is -2.36. The molecule has 21 heavy (non-hydrogen) atoms. The van der Waals surface area contributed by atoms with E-state index in [9.17, 15) is 9.18 Å². The lowest BCUT2D eigenvalue weighted by atomic mass is 10.2. The van der Waals surface area contributed by atoms with Gasteiger partial charge in [-0.3, -0.25) is 4.90 Å². The molecule has 0 bridgehead atoms. The Morgan fingerprint density at radius 2 is 1.90 bits per heavy atom. The summed E-state index contributed by atoms with van der Waals surface area (Å²) < 4.78 is 18.1. The molecule has 0 aromatic heterocycles. The van der Waals surface area contributed by atoms with E-state index in [1.54, 1.807) is 0 Å². The molecule has 0 saturated carbocycles. The molecule has 2 heterocycles. The van der Waals surface area contributed by atoms with E-state index < -0.39 is 0 Å². The minimum absolute atomic E-state index is 0.00706. The first-order valence-corrected chi connectivity index (χ1v) is 7.38. The van der Waals surface area contributed by atoms with Crippen LogP contribution in [0.15, 0.2) is 24.3 Å². The normalized spacial score (nSPS) is 23.0. The molecule has 3 rings (SSSR count). The summed E-state index contributed by atoms with van der Waals surface area (Å²) in [6.07, 6.45) is 0.573. The predicted octanol–water partition coefficient (Wildman–Crippen LogP) is 1.45. The van der Waals surface area contributed by atoms with Crippen LogP contribution < -0.4 is 10.2 Å². The largest absolute Gasteiger partial charge is 0.444 e. The van der Waals surface area contributed by atoms with E-state index in [1.165, 1.54) is 12.1 Å². The molecule has 2 fully saturated rings. The summed E-state index contributed by atoms with van der Waals surface area (Å²) >= 11 is 0. The van der Waals surface area contributed by atoms with E-state index in [0.29, 0.717) is 6.54 Å². The van der Waals surface area contributed by atoms with Crippen LogP contribution in [0.2, 0.25) is 0 Å². The van der Waals surface area contributed by atoms with Gasteiger partial charge in [0.1, 0.15) is 11.9 Å². The van der Waals surface area contributed by atoms with Crippen LogP contribution in [0.25, 0.3) is 0 Å². The van der Waals surface area contributed by atoms with E-state index in [2.05, 4.69) is 15.1 Å². The summed E-state index contributed by atoms with van der Waals surface area (Å²) in [6, 6.07) is 6.66. The average molecular weight is 293 g/mol. The van der Waals surface area contributed by atoms with Gasteiger partial charge in [-0.2, -0.15) is 0 Å². The number of ether oxygens (including phenoxy) is 1. The van der Waals surface area contributed by atoms with E-state index in [0.717, 1.165) is 44.8 Å². The third-order valence-corrected chi connectivity index (χ3v) is 4.08. The van der Waals surface area contributed by atoms with Gasteiger partial charge in [-0.05, 0) is 30.7 Å². The van der Waals surface area contributed by atoms with Crippen LogP contribution >= 0.6 is 0 Å². The molecule has 1 aromatic rings. The highest BCUT2D eigenvalue weighted by atomic mass is 19.1. The van der Waals surface area contributed by atoms with E-state index in [4.69, 9.17) is 4.74 Å². The number of nitrogens with one attached hydrogen (secondary N) is 1. The van der Waals surface area contributed by atoms with Gasteiger partial charge in [0.25, 0.3) is 0 Å². The second-order valence-electron chi connectivity index (χ2n) is 5.50. The molecule has 1 amide bonds. The number of halogens is 1. The quantitative estimate of drug-likeness (QED) is 0.912. The molecule has 1 unspecified atom stereocenters. The minimum Gasteiger partial charge on any atom is -0.444 e. The molecule has 1 atom stereocenters. The fraction of sp³-hybridized carbons (Fsp3) is 0.533. The minimum atomic E-state index is -0.305. The molecule has 1 N–H and O–H groups in total. The van der Waals surface area contributed by atoms with Crippen LogP contribution in [0.5, 0.6) is 0 Å². The Morgan fingerprint density at radius 1 is 1.19 bits per heavy atom. The highest BCUT2D eigenvalue weighted by Gasteiger charge is 2.24. The number of cyclic esters (lactones) is 1. The van der Waals surface area contributed by atoms with E-state index in [1.807, 2.05) is 12.1 Å². The second kappa shape index (κ2) is 6.30. The highest BCUT2D eigenvalue weighted by molar-refractivity contribution is 5.69. The number of amides is 1. The van der Waals surface area contributed by atoms with Crippen molar-refractivity contribution >= 4 is 11.8 Å². The molecule has 6 heteroatoms. The first-order chi connectivity index (χ1) is 10.2. The topological polar surface area (TPSA) is 44.8 Å². The summed E-state index contributed by atoms with van der Waals surface area (Å²) in [5.74, 6) is -0.197.